The monoisotopic (exact) mass is 257 g/mol. The van der Waals surface area contributed by atoms with Crippen LogP contribution in [0.25, 0.3) is 0 Å². The summed E-state index contributed by atoms with van der Waals surface area (Å²) >= 11 is 0. The quantitative estimate of drug-likeness (QED) is 0.897. The van der Waals surface area contributed by atoms with Crippen LogP contribution in [0.5, 0.6) is 0 Å². The SMILES string of the molecule is CCn1ncnc1CN1CC(N)Cc2ccccc21. The Morgan fingerprint density at radius 2 is 2.21 bits per heavy atom. The number of aromatic nitrogens is 3. The Bertz CT molecular complexity index is 562. The lowest BCUT2D eigenvalue weighted by Gasteiger charge is -2.34. The van der Waals surface area contributed by atoms with E-state index in [1.165, 1.54) is 11.3 Å². The molecule has 0 bridgehead atoms. The highest BCUT2D eigenvalue weighted by molar-refractivity contribution is 5.56. The molecule has 0 aliphatic carbocycles. The Kier molecular flexibility index (Phi) is 3.21. The summed E-state index contributed by atoms with van der Waals surface area (Å²) in [6.07, 6.45) is 2.57. The number of aryl methyl sites for hydroxylation is 1. The summed E-state index contributed by atoms with van der Waals surface area (Å²) in [7, 11) is 0. The molecule has 0 saturated heterocycles. The Hall–Kier alpha value is -1.88. The maximum absolute atomic E-state index is 6.15. The third-order valence-corrected chi connectivity index (χ3v) is 3.60. The lowest BCUT2D eigenvalue weighted by atomic mass is 9.98. The van der Waals surface area contributed by atoms with Crippen molar-refractivity contribution in [3.05, 3.63) is 42.0 Å². The van der Waals surface area contributed by atoms with Crippen molar-refractivity contribution in [3.8, 4) is 0 Å². The van der Waals surface area contributed by atoms with Crippen molar-refractivity contribution >= 4 is 5.69 Å². The largest absolute Gasteiger partial charge is 0.362 e. The molecule has 0 fully saturated rings. The predicted molar refractivity (Wildman–Crippen MR) is 74.9 cm³/mol. The maximum Gasteiger partial charge on any atom is 0.146 e. The Morgan fingerprint density at radius 3 is 3.05 bits per heavy atom. The van der Waals surface area contributed by atoms with Gasteiger partial charge in [-0.2, -0.15) is 5.10 Å². The molecule has 2 N–H and O–H groups in total. The van der Waals surface area contributed by atoms with Crippen molar-refractivity contribution < 1.29 is 0 Å². The van der Waals surface area contributed by atoms with Gasteiger partial charge in [0.1, 0.15) is 12.2 Å². The third-order valence-electron chi connectivity index (χ3n) is 3.60. The maximum atomic E-state index is 6.15. The molecule has 0 radical (unpaired) electrons. The van der Waals surface area contributed by atoms with Gasteiger partial charge in [-0.3, -0.25) is 0 Å². The van der Waals surface area contributed by atoms with E-state index in [0.717, 1.165) is 31.9 Å². The molecule has 0 saturated carbocycles. The van der Waals surface area contributed by atoms with Crippen molar-refractivity contribution in [3.63, 3.8) is 0 Å². The van der Waals surface area contributed by atoms with Crippen LogP contribution in [0.1, 0.15) is 18.3 Å². The molecule has 19 heavy (non-hydrogen) atoms. The van der Waals surface area contributed by atoms with Gasteiger partial charge in [0.25, 0.3) is 0 Å². The minimum Gasteiger partial charge on any atom is -0.362 e. The molecular formula is C14H19N5. The van der Waals surface area contributed by atoms with Gasteiger partial charge in [0.15, 0.2) is 0 Å². The van der Waals surface area contributed by atoms with Gasteiger partial charge in [-0.15, -0.1) is 0 Å². The number of anilines is 1. The Balaban J connectivity index is 1.89. The van der Waals surface area contributed by atoms with E-state index < -0.39 is 0 Å². The number of para-hydroxylation sites is 1. The highest BCUT2D eigenvalue weighted by Gasteiger charge is 2.22. The zero-order valence-corrected chi connectivity index (χ0v) is 11.2. The molecule has 5 nitrogen and oxygen atoms in total. The zero-order chi connectivity index (χ0) is 13.2. The van der Waals surface area contributed by atoms with E-state index in [4.69, 9.17) is 5.73 Å². The van der Waals surface area contributed by atoms with Crippen LogP contribution >= 0.6 is 0 Å². The molecule has 1 aromatic carbocycles. The van der Waals surface area contributed by atoms with Gasteiger partial charge in [0.05, 0.1) is 6.54 Å². The molecular weight excluding hydrogens is 238 g/mol. The molecule has 1 atom stereocenters. The zero-order valence-electron chi connectivity index (χ0n) is 11.2. The number of nitrogens with zero attached hydrogens (tertiary/aromatic N) is 4. The average molecular weight is 257 g/mol. The number of hydrogen-bond acceptors (Lipinski definition) is 4. The van der Waals surface area contributed by atoms with E-state index in [0.29, 0.717) is 0 Å². The Morgan fingerprint density at radius 1 is 1.37 bits per heavy atom. The first kappa shape index (κ1) is 12.2. The summed E-state index contributed by atoms with van der Waals surface area (Å²) < 4.78 is 1.93. The summed E-state index contributed by atoms with van der Waals surface area (Å²) in [6.45, 7) is 4.55. The van der Waals surface area contributed by atoms with Gasteiger partial charge in [0.2, 0.25) is 0 Å². The second-order valence-corrected chi connectivity index (χ2v) is 4.97. The van der Waals surface area contributed by atoms with Gasteiger partial charge in [-0.1, -0.05) is 18.2 Å². The van der Waals surface area contributed by atoms with E-state index in [2.05, 4.69) is 46.2 Å². The van der Waals surface area contributed by atoms with Crippen LogP contribution in [0.2, 0.25) is 0 Å². The minimum absolute atomic E-state index is 0.188. The summed E-state index contributed by atoms with van der Waals surface area (Å²) in [6, 6.07) is 8.66. The van der Waals surface area contributed by atoms with E-state index in [9.17, 15) is 0 Å². The molecule has 1 aromatic heterocycles. The molecule has 0 amide bonds. The predicted octanol–water partition coefficient (Wildman–Crippen LogP) is 1.19. The van der Waals surface area contributed by atoms with E-state index >= 15 is 0 Å². The van der Waals surface area contributed by atoms with Crippen molar-refractivity contribution in [2.45, 2.75) is 32.5 Å². The van der Waals surface area contributed by atoms with Crippen molar-refractivity contribution in [2.75, 3.05) is 11.4 Å². The topological polar surface area (TPSA) is 60.0 Å². The molecule has 100 valence electrons. The molecule has 1 aliphatic heterocycles. The van der Waals surface area contributed by atoms with E-state index in [1.54, 1.807) is 6.33 Å². The summed E-state index contributed by atoms with van der Waals surface area (Å²) in [4.78, 5) is 6.65. The minimum atomic E-state index is 0.188. The smallest absolute Gasteiger partial charge is 0.146 e. The summed E-state index contributed by atoms with van der Waals surface area (Å²) in [5.41, 5.74) is 8.75. The fraction of sp³-hybridized carbons (Fsp3) is 0.429. The van der Waals surface area contributed by atoms with Gasteiger partial charge >= 0.3 is 0 Å². The second-order valence-electron chi connectivity index (χ2n) is 4.97. The van der Waals surface area contributed by atoms with Crippen LogP contribution in [0, 0.1) is 0 Å². The summed E-state index contributed by atoms with van der Waals surface area (Å²) in [5, 5.41) is 4.22. The normalized spacial score (nSPS) is 18.4. The highest BCUT2D eigenvalue weighted by atomic mass is 15.3. The molecule has 3 rings (SSSR count). The van der Waals surface area contributed by atoms with E-state index in [1.807, 2.05) is 4.68 Å². The summed E-state index contributed by atoms with van der Waals surface area (Å²) in [5.74, 6) is 0.992. The molecule has 0 spiro atoms. The van der Waals surface area contributed by atoms with Gasteiger partial charge in [-0.05, 0) is 25.0 Å². The number of hydrogen-bond donors (Lipinski definition) is 1. The number of rotatable bonds is 3. The number of benzene rings is 1. The molecule has 2 aromatic rings. The molecule has 1 unspecified atom stereocenters. The Labute approximate surface area is 113 Å². The number of nitrogens with two attached hydrogens (primary N) is 1. The van der Waals surface area contributed by atoms with E-state index in [-0.39, 0.29) is 6.04 Å². The van der Waals surface area contributed by atoms with Crippen molar-refractivity contribution in [1.29, 1.82) is 0 Å². The lowest BCUT2D eigenvalue weighted by molar-refractivity contribution is 0.561. The fourth-order valence-electron chi connectivity index (χ4n) is 2.72. The highest BCUT2D eigenvalue weighted by Crippen LogP contribution is 2.27. The molecule has 1 aliphatic rings. The number of fused-ring (bicyclic) bond motifs is 1. The first-order chi connectivity index (χ1) is 9.28. The van der Waals surface area contributed by atoms with Crippen LogP contribution in [-0.4, -0.2) is 27.4 Å². The fourth-order valence-corrected chi connectivity index (χ4v) is 2.72. The van der Waals surface area contributed by atoms with Gasteiger partial charge < -0.3 is 10.6 Å². The average Bonchev–Trinajstić information content (AvgIpc) is 2.86. The first-order valence-corrected chi connectivity index (χ1v) is 6.73. The lowest BCUT2D eigenvalue weighted by Crippen LogP contribution is -2.43. The van der Waals surface area contributed by atoms with Crippen LogP contribution in [-0.2, 0) is 19.5 Å². The van der Waals surface area contributed by atoms with Crippen LogP contribution < -0.4 is 10.6 Å². The standard InChI is InChI=1S/C14H19N5/c1-2-19-14(16-10-17-19)9-18-8-12(15)7-11-5-3-4-6-13(11)18/h3-6,10,12H,2,7-9,15H2,1H3. The third kappa shape index (κ3) is 2.33. The van der Waals surface area contributed by atoms with Gasteiger partial charge in [-0.25, -0.2) is 9.67 Å². The molecule has 5 heteroatoms. The van der Waals surface area contributed by atoms with Crippen LogP contribution in [0.15, 0.2) is 30.6 Å². The van der Waals surface area contributed by atoms with Crippen LogP contribution in [0.4, 0.5) is 5.69 Å². The van der Waals surface area contributed by atoms with Crippen molar-refractivity contribution in [2.24, 2.45) is 5.73 Å². The first-order valence-electron chi connectivity index (χ1n) is 6.73. The van der Waals surface area contributed by atoms with Crippen molar-refractivity contribution in [1.82, 2.24) is 14.8 Å². The molecule has 2 heterocycles. The second kappa shape index (κ2) is 5.01. The van der Waals surface area contributed by atoms with Crippen LogP contribution in [0.3, 0.4) is 0 Å². The van der Waals surface area contributed by atoms with Gasteiger partial charge in [0, 0.05) is 24.8 Å².